The number of hydrogen-bond acceptors (Lipinski definition) is 3. The first-order chi connectivity index (χ1) is 9.34. The van der Waals surface area contributed by atoms with Crippen molar-refractivity contribution < 1.29 is 4.79 Å². The maximum absolute atomic E-state index is 12.1. The van der Waals surface area contributed by atoms with Crippen molar-refractivity contribution in [3.63, 3.8) is 0 Å². The van der Waals surface area contributed by atoms with Gasteiger partial charge in [0.2, 0.25) is 0 Å². The Labute approximate surface area is 112 Å². The fourth-order valence-electron chi connectivity index (χ4n) is 2.28. The molecule has 1 aliphatic rings. The van der Waals surface area contributed by atoms with Crippen molar-refractivity contribution in [1.29, 1.82) is 0 Å². The molecule has 1 amide bonds. The van der Waals surface area contributed by atoms with Gasteiger partial charge in [-0.2, -0.15) is 0 Å². The Bertz CT molecular complexity index is 583. The lowest BCUT2D eigenvalue weighted by Gasteiger charge is -2.16. The third-order valence-corrected chi connectivity index (χ3v) is 3.25. The average Bonchev–Trinajstić information content (AvgIpc) is 2.78. The molecule has 1 aromatic carbocycles. The van der Waals surface area contributed by atoms with Crippen molar-refractivity contribution in [2.24, 2.45) is 0 Å². The van der Waals surface area contributed by atoms with Gasteiger partial charge in [0, 0.05) is 31.4 Å². The molecule has 2 heterocycles. The number of nitrogens with one attached hydrogen (secondary N) is 1. The third-order valence-electron chi connectivity index (χ3n) is 3.25. The summed E-state index contributed by atoms with van der Waals surface area (Å²) < 4.78 is 0. The van der Waals surface area contributed by atoms with Crippen LogP contribution in [0, 0.1) is 0 Å². The van der Waals surface area contributed by atoms with E-state index in [1.807, 2.05) is 47.4 Å². The van der Waals surface area contributed by atoms with Crippen LogP contribution in [0.2, 0.25) is 0 Å². The van der Waals surface area contributed by atoms with Gasteiger partial charge in [0.15, 0.2) is 0 Å². The minimum atomic E-state index is 0.124. The number of benzene rings is 1. The van der Waals surface area contributed by atoms with E-state index in [0.29, 0.717) is 19.6 Å². The molecule has 4 nitrogen and oxygen atoms in total. The van der Waals surface area contributed by atoms with Crippen LogP contribution in [0.15, 0.2) is 48.7 Å². The highest BCUT2D eigenvalue weighted by Crippen LogP contribution is 2.21. The molecule has 2 aromatic rings. The molecule has 0 fully saturated rings. The van der Waals surface area contributed by atoms with E-state index < -0.39 is 0 Å². The number of hydrogen-bond donors (Lipinski definition) is 1. The number of amides is 1. The highest BCUT2D eigenvalue weighted by Gasteiger charge is 2.25. The molecule has 96 valence electrons. The lowest BCUT2D eigenvalue weighted by molar-refractivity contribution is 0.0784. The van der Waals surface area contributed by atoms with Crippen molar-refractivity contribution >= 4 is 11.7 Å². The number of pyridine rings is 1. The Morgan fingerprint density at radius 2 is 2.00 bits per heavy atom. The number of aromatic nitrogens is 1. The van der Waals surface area contributed by atoms with Crippen LogP contribution in [0.5, 0.6) is 0 Å². The van der Waals surface area contributed by atoms with E-state index in [1.54, 1.807) is 6.20 Å². The minimum Gasteiger partial charge on any atom is -0.368 e. The Hall–Kier alpha value is -2.36. The standard InChI is InChI=1S/C15H15N3O/c19-15-13-6-2-1-5-12(13)11-18(15)10-9-17-14-7-3-4-8-16-14/h1-8H,9-11H2,(H,16,17). The van der Waals surface area contributed by atoms with Gasteiger partial charge in [0.05, 0.1) is 0 Å². The van der Waals surface area contributed by atoms with E-state index in [0.717, 1.165) is 16.9 Å². The molecule has 0 atom stereocenters. The largest absolute Gasteiger partial charge is 0.368 e. The fraction of sp³-hybridized carbons (Fsp3) is 0.200. The van der Waals surface area contributed by atoms with Gasteiger partial charge in [-0.1, -0.05) is 24.3 Å². The molecule has 0 saturated heterocycles. The van der Waals surface area contributed by atoms with E-state index in [2.05, 4.69) is 10.3 Å². The monoisotopic (exact) mass is 253 g/mol. The molecule has 1 aliphatic heterocycles. The van der Waals surface area contributed by atoms with Crippen LogP contribution < -0.4 is 5.32 Å². The van der Waals surface area contributed by atoms with Gasteiger partial charge in [0.1, 0.15) is 5.82 Å². The van der Waals surface area contributed by atoms with Gasteiger partial charge in [0.25, 0.3) is 5.91 Å². The summed E-state index contributed by atoms with van der Waals surface area (Å²) in [4.78, 5) is 18.2. The van der Waals surface area contributed by atoms with E-state index in [9.17, 15) is 4.79 Å². The molecule has 4 heteroatoms. The Balaban J connectivity index is 1.57. The Kier molecular flexibility index (Phi) is 3.14. The van der Waals surface area contributed by atoms with E-state index in [-0.39, 0.29) is 5.91 Å². The zero-order valence-corrected chi connectivity index (χ0v) is 10.5. The van der Waals surface area contributed by atoms with Gasteiger partial charge in [-0.3, -0.25) is 4.79 Å². The highest BCUT2D eigenvalue weighted by atomic mass is 16.2. The summed E-state index contributed by atoms with van der Waals surface area (Å²) in [6.45, 7) is 2.10. The number of nitrogens with zero attached hydrogens (tertiary/aromatic N) is 2. The molecule has 3 rings (SSSR count). The third kappa shape index (κ3) is 2.42. The summed E-state index contributed by atoms with van der Waals surface area (Å²) in [6.07, 6.45) is 1.75. The molecule has 1 aromatic heterocycles. The summed E-state index contributed by atoms with van der Waals surface area (Å²) in [5.41, 5.74) is 1.95. The molecule has 0 unspecified atom stereocenters. The van der Waals surface area contributed by atoms with Gasteiger partial charge in [-0.05, 0) is 23.8 Å². The molecule has 0 bridgehead atoms. The lowest BCUT2D eigenvalue weighted by atomic mass is 10.1. The highest BCUT2D eigenvalue weighted by molar-refractivity contribution is 5.98. The van der Waals surface area contributed by atoms with Crippen LogP contribution in [-0.2, 0) is 6.54 Å². The molecule has 0 spiro atoms. The smallest absolute Gasteiger partial charge is 0.254 e. The Morgan fingerprint density at radius 1 is 1.16 bits per heavy atom. The number of carbonyl (C=O) groups is 1. The predicted molar refractivity (Wildman–Crippen MR) is 73.9 cm³/mol. The predicted octanol–water partition coefficient (Wildman–Crippen LogP) is 2.15. The van der Waals surface area contributed by atoms with Crippen molar-refractivity contribution in [1.82, 2.24) is 9.88 Å². The first kappa shape index (κ1) is 11.7. The second kappa shape index (κ2) is 5.10. The van der Waals surface area contributed by atoms with Crippen molar-refractivity contribution in [3.05, 3.63) is 59.8 Å². The maximum Gasteiger partial charge on any atom is 0.254 e. The molecule has 1 N–H and O–H groups in total. The first-order valence-corrected chi connectivity index (χ1v) is 6.37. The maximum atomic E-state index is 12.1. The number of fused-ring (bicyclic) bond motifs is 1. The van der Waals surface area contributed by atoms with Gasteiger partial charge in [-0.15, -0.1) is 0 Å². The van der Waals surface area contributed by atoms with Crippen molar-refractivity contribution in [3.8, 4) is 0 Å². The first-order valence-electron chi connectivity index (χ1n) is 6.37. The molecular formula is C15H15N3O. The zero-order chi connectivity index (χ0) is 13.1. The van der Waals surface area contributed by atoms with Crippen LogP contribution in [0.1, 0.15) is 15.9 Å². The quantitative estimate of drug-likeness (QED) is 0.908. The normalized spacial score (nSPS) is 13.5. The molecule has 19 heavy (non-hydrogen) atoms. The van der Waals surface area contributed by atoms with E-state index >= 15 is 0 Å². The SMILES string of the molecule is O=C1c2ccccc2CN1CCNc1ccccn1. The van der Waals surface area contributed by atoms with Gasteiger partial charge >= 0.3 is 0 Å². The van der Waals surface area contributed by atoms with E-state index in [1.165, 1.54) is 0 Å². The Morgan fingerprint density at radius 3 is 2.79 bits per heavy atom. The molecule has 0 radical (unpaired) electrons. The van der Waals surface area contributed by atoms with Crippen LogP contribution in [0.4, 0.5) is 5.82 Å². The summed E-state index contributed by atoms with van der Waals surface area (Å²) in [6, 6.07) is 13.5. The molecule has 0 saturated carbocycles. The van der Waals surface area contributed by atoms with Crippen molar-refractivity contribution in [2.45, 2.75) is 6.54 Å². The summed E-state index contributed by atoms with van der Waals surface area (Å²) in [7, 11) is 0. The topological polar surface area (TPSA) is 45.2 Å². The molecular weight excluding hydrogens is 238 g/mol. The second-order valence-corrected chi connectivity index (χ2v) is 4.53. The average molecular weight is 253 g/mol. The van der Waals surface area contributed by atoms with Gasteiger partial charge in [-0.25, -0.2) is 4.98 Å². The lowest BCUT2D eigenvalue weighted by Crippen LogP contribution is -2.29. The van der Waals surface area contributed by atoms with E-state index in [4.69, 9.17) is 0 Å². The fourth-order valence-corrected chi connectivity index (χ4v) is 2.28. The summed E-state index contributed by atoms with van der Waals surface area (Å²) >= 11 is 0. The second-order valence-electron chi connectivity index (χ2n) is 4.53. The van der Waals surface area contributed by atoms with Gasteiger partial charge < -0.3 is 10.2 Å². The van der Waals surface area contributed by atoms with Crippen LogP contribution in [0.3, 0.4) is 0 Å². The van der Waals surface area contributed by atoms with Crippen LogP contribution in [0.25, 0.3) is 0 Å². The number of rotatable bonds is 4. The number of carbonyl (C=O) groups excluding carboxylic acids is 1. The zero-order valence-electron chi connectivity index (χ0n) is 10.5. The van der Waals surface area contributed by atoms with Crippen LogP contribution >= 0.6 is 0 Å². The van der Waals surface area contributed by atoms with Crippen molar-refractivity contribution in [2.75, 3.05) is 18.4 Å². The van der Waals surface area contributed by atoms with Crippen LogP contribution in [-0.4, -0.2) is 28.9 Å². The summed E-state index contributed by atoms with van der Waals surface area (Å²) in [5, 5.41) is 3.21. The number of anilines is 1. The minimum absolute atomic E-state index is 0.124. The summed E-state index contributed by atoms with van der Waals surface area (Å²) in [5.74, 6) is 0.963. The molecule has 0 aliphatic carbocycles.